The minimum Gasteiger partial charge on any atom is -0.497 e. The van der Waals surface area contributed by atoms with E-state index in [2.05, 4.69) is 35.5 Å². The lowest BCUT2D eigenvalue weighted by atomic mass is 9.87. The van der Waals surface area contributed by atoms with Gasteiger partial charge in [0, 0.05) is 23.7 Å². The molecule has 1 N–H and O–H groups in total. The number of aromatic nitrogens is 2. The highest BCUT2D eigenvalue weighted by atomic mass is 32.2. The summed E-state index contributed by atoms with van der Waals surface area (Å²) in [5.74, 6) is 0.504. The van der Waals surface area contributed by atoms with E-state index in [0.717, 1.165) is 22.3 Å². The van der Waals surface area contributed by atoms with Gasteiger partial charge in [0.2, 0.25) is 11.8 Å². The lowest BCUT2D eigenvalue weighted by Crippen LogP contribution is -2.45. The van der Waals surface area contributed by atoms with Crippen molar-refractivity contribution in [1.82, 2.24) is 14.9 Å². The average Bonchev–Trinajstić information content (AvgIpc) is 2.97. The minimum absolute atomic E-state index is 0.0668. The van der Waals surface area contributed by atoms with Crippen molar-refractivity contribution in [2.24, 2.45) is 5.41 Å². The van der Waals surface area contributed by atoms with E-state index >= 15 is 0 Å². The number of hydrogen-bond donors (Lipinski definition) is 1. The number of rotatable bonds is 5. The molecule has 4 bridgehead atoms. The van der Waals surface area contributed by atoms with Crippen molar-refractivity contribution >= 4 is 21.9 Å². The summed E-state index contributed by atoms with van der Waals surface area (Å²) in [6, 6.07) is 20.9. The summed E-state index contributed by atoms with van der Waals surface area (Å²) < 4.78 is 41.3. The number of aryl methyl sites for hydroxylation is 2. The summed E-state index contributed by atoms with van der Waals surface area (Å²) in [6.45, 7) is 10.7. The lowest BCUT2D eigenvalue weighted by molar-refractivity contribution is 0.0513. The van der Waals surface area contributed by atoms with E-state index in [-0.39, 0.29) is 52.8 Å². The largest absolute Gasteiger partial charge is 0.497 e. The summed E-state index contributed by atoms with van der Waals surface area (Å²) in [4.78, 5) is 25.0. The fraction of sp³-hybridized carbons (Fsp3) is 0.324. The van der Waals surface area contributed by atoms with Crippen molar-refractivity contribution in [3.63, 3.8) is 0 Å². The van der Waals surface area contributed by atoms with Crippen LogP contribution in [0.1, 0.15) is 54.2 Å². The molecule has 9 nitrogen and oxygen atoms in total. The molecule has 5 rings (SSSR count). The number of benzene rings is 3. The molecule has 0 fully saturated rings. The number of carbonyl (C=O) groups is 1. The van der Waals surface area contributed by atoms with Crippen LogP contribution in [0.5, 0.6) is 11.6 Å². The van der Waals surface area contributed by atoms with E-state index in [0.29, 0.717) is 17.9 Å². The highest BCUT2D eigenvalue weighted by Gasteiger charge is 2.31. The van der Waals surface area contributed by atoms with Crippen LogP contribution in [0.15, 0.2) is 77.7 Å². The monoisotopic (exact) mass is 614 g/mol. The van der Waals surface area contributed by atoms with Gasteiger partial charge >= 0.3 is 0 Å². The van der Waals surface area contributed by atoms with Crippen LogP contribution < -0.4 is 14.2 Å². The number of ether oxygens (including phenoxy) is 2. The van der Waals surface area contributed by atoms with E-state index in [4.69, 9.17) is 9.47 Å². The molecule has 1 amide bonds. The molecule has 0 radical (unpaired) electrons. The van der Waals surface area contributed by atoms with Gasteiger partial charge in [-0.15, -0.1) is 0 Å². The van der Waals surface area contributed by atoms with Crippen LogP contribution in [0.2, 0.25) is 0 Å². The SMILES string of the molecule is COc1ccc(CN2C(=O)c3cccc(c3)S(=O)(=O)Nc3nc(cc(-c4c(C)cccc4C)n3)OC[C@H]2CC(C)(C)C)cc1. The van der Waals surface area contributed by atoms with Crippen LogP contribution in [-0.2, 0) is 16.6 Å². The van der Waals surface area contributed by atoms with Gasteiger partial charge in [0.25, 0.3) is 15.9 Å². The highest BCUT2D eigenvalue weighted by Crippen LogP contribution is 2.32. The number of anilines is 1. The molecule has 2 heterocycles. The minimum atomic E-state index is -4.14. The Hall–Kier alpha value is -4.44. The molecule has 0 unspecified atom stereocenters. The molecule has 4 aromatic rings. The molecule has 1 aliphatic rings. The van der Waals surface area contributed by atoms with Crippen molar-refractivity contribution < 1.29 is 22.7 Å². The molecule has 10 heteroatoms. The van der Waals surface area contributed by atoms with Gasteiger partial charge in [-0.3, -0.25) is 4.79 Å². The third-order valence-electron chi connectivity index (χ3n) is 7.54. The highest BCUT2D eigenvalue weighted by molar-refractivity contribution is 7.92. The average molecular weight is 615 g/mol. The number of methoxy groups -OCH3 is 1. The van der Waals surface area contributed by atoms with E-state index in [1.165, 1.54) is 12.1 Å². The number of sulfonamides is 1. The zero-order valence-electron chi connectivity index (χ0n) is 25.9. The van der Waals surface area contributed by atoms with Crippen LogP contribution in [-0.4, -0.2) is 49.0 Å². The summed E-state index contributed by atoms with van der Waals surface area (Å²) in [5.41, 5.74) is 4.36. The summed E-state index contributed by atoms with van der Waals surface area (Å²) in [7, 11) is -2.54. The molecule has 0 saturated heterocycles. The normalized spacial score (nSPS) is 16.5. The topological polar surface area (TPSA) is 111 Å². The van der Waals surface area contributed by atoms with Crippen molar-refractivity contribution in [3.8, 4) is 22.9 Å². The van der Waals surface area contributed by atoms with Crippen molar-refractivity contribution in [1.29, 1.82) is 0 Å². The number of fused-ring (bicyclic) bond motifs is 4. The van der Waals surface area contributed by atoms with Gasteiger partial charge in [-0.25, -0.2) is 18.1 Å². The molecule has 44 heavy (non-hydrogen) atoms. The Morgan fingerprint density at radius 1 is 0.977 bits per heavy atom. The predicted octanol–water partition coefficient (Wildman–Crippen LogP) is 6.41. The van der Waals surface area contributed by atoms with Crippen LogP contribution in [0.4, 0.5) is 5.95 Å². The van der Waals surface area contributed by atoms with Crippen LogP contribution in [0.25, 0.3) is 11.3 Å². The Bertz CT molecular complexity index is 1760. The van der Waals surface area contributed by atoms with E-state index < -0.39 is 10.0 Å². The summed E-state index contributed by atoms with van der Waals surface area (Å²) >= 11 is 0. The van der Waals surface area contributed by atoms with E-state index in [1.807, 2.05) is 56.3 Å². The standard InChI is InChI=1S/C34H38N4O5S/c1-22-9-7-10-23(2)31(22)29-18-30-36-33(35-29)37-44(40,41)28-12-8-11-25(17-28)32(39)38(26(21-43-30)19-34(3,4)5)20-24-13-15-27(42-6)16-14-24/h7-18,26H,19-21H2,1-6H3,(H,35,36,37)/t26-/m1/s1. The Morgan fingerprint density at radius 2 is 1.66 bits per heavy atom. The molecule has 3 aromatic carbocycles. The molecule has 0 saturated carbocycles. The number of hydrogen-bond acceptors (Lipinski definition) is 7. The van der Waals surface area contributed by atoms with Gasteiger partial charge in [0.05, 0.1) is 23.7 Å². The van der Waals surface area contributed by atoms with Gasteiger partial charge in [-0.1, -0.05) is 57.2 Å². The Kier molecular flexibility index (Phi) is 8.65. The van der Waals surface area contributed by atoms with Gasteiger partial charge < -0.3 is 14.4 Å². The Morgan fingerprint density at radius 3 is 2.32 bits per heavy atom. The van der Waals surface area contributed by atoms with Crippen molar-refractivity contribution in [3.05, 3.63) is 95.1 Å². The third kappa shape index (κ3) is 7.02. The van der Waals surface area contributed by atoms with Gasteiger partial charge in [-0.05, 0) is 72.7 Å². The smallest absolute Gasteiger partial charge is 0.264 e. The third-order valence-corrected chi connectivity index (χ3v) is 8.87. The van der Waals surface area contributed by atoms with Crippen molar-refractivity contribution in [2.45, 2.75) is 58.5 Å². The maximum absolute atomic E-state index is 14.3. The number of carbonyl (C=O) groups excluding carboxylic acids is 1. The number of nitrogens with one attached hydrogen (secondary N) is 1. The Labute approximate surface area is 259 Å². The summed E-state index contributed by atoms with van der Waals surface area (Å²) in [6.07, 6.45) is 0.618. The summed E-state index contributed by atoms with van der Waals surface area (Å²) in [5, 5.41) is 0. The quantitative estimate of drug-likeness (QED) is 0.277. The van der Waals surface area contributed by atoms with Crippen LogP contribution >= 0.6 is 0 Å². The van der Waals surface area contributed by atoms with Crippen LogP contribution in [0.3, 0.4) is 0 Å². The molecule has 1 atom stereocenters. The van der Waals surface area contributed by atoms with Gasteiger partial charge in [0.1, 0.15) is 12.4 Å². The number of amides is 1. The maximum atomic E-state index is 14.3. The fourth-order valence-corrected chi connectivity index (χ4v) is 6.46. The maximum Gasteiger partial charge on any atom is 0.264 e. The second-order valence-electron chi connectivity index (χ2n) is 12.3. The second-order valence-corrected chi connectivity index (χ2v) is 14.0. The molecule has 0 spiro atoms. The molecular formula is C34H38N4O5S. The molecule has 230 valence electrons. The van der Waals surface area contributed by atoms with Gasteiger partial charge in [0.15, 0.2) is 0 Å². The van der Waals surface area contributed by atoms with E-state index in [1.54, 1.807) is 30.2 Å². The predicted molar refractivity (Wildman–Crippen MR) is 170 cm³/mol. The lowest BCUT2D eigenvalue weighted by Gasteiger charge is -2.36. The first-order chi connectivity index (χ1) is 20.8. The van der Waals surface area contributed by atoms with Crippen LogP contribution in [0, 0.1) is 19.3 Å². The zero-order chi connectivity index (χ0) is 31.6. The molecule has 1 aromatic heterocycles. The second kappa shape index (κ2) is 12.3. The molecular weight excluding hydrogens is 576 g/mol. The van der Waals surface area contributed by atoms with Crippen molar-refractivity contribution in [2.75, 3.05) is 18.4 Å². The first-order valence-corrected chi connectivity index (χ1v) is 16.0. The van der Waals surface area contributed by atoms with E-state index in [9.17, 15) is 13.2 Å². The Balaban J connectivity index is 1.67. The van der Waals surface area contributed by atoms with Gasteiger partial charge in [-0.2, -0.15) is 4.98 Å². The fourth-order valence-electron chi connectivity index (χ4n) is 5.47. The zero-order valence-corrected chi connectivity index (χ0v) is 26.7. The number of nitrogens with zero attached hydrogens (tertiary/aromatic N) is 3. The first kappa shape index (κ1) is 31.0. The first-order valence-electron chi connectivity index (χ1n) is 14.5. The molecule has 1 aliphatic heterocycles. The molecule has 0 aliphatic carbocycles.